The van der Waals surface area contributed by atoms with E-state index < -0.39 is 0 Å². The summed E-state index contributed by atoms with van der Waals surface area (Å²) in [7, 11) is 1.61. The molecule has 1 aromatic carbocycles. The number of hydrogen-bond acceptors (Lipinski definition) is 3. The Labute approximate surface area is 144 Å². The van der Waals surface area contributed by atoms with Gasteiger partial charge in [0.2, 0.25) is 0 Å². The van der Waals surface area contributed by atoms with Crippen LogP contribution in [-0.2, 0) is 6.54 Å². The third-order valence-corrected chi connectivity index (χ3v) is 4.15. The number of hydrogen-bond donors (Lipinski definition) is 1. The molecule has 0 radical (unpaired) electrons. The molecule has 0 atom stereocenters. The maximum absolute atomic E-state index is 6.16. The molecule has 126 valence electrons. The highest BCUT2D eigenvalue weighted by molar-refractivity contribution is 6.32. The second-order valence-electron chi connectivity index (χ2n) is 5.71. The molecule has 0 unspecified atom stereocenters. The molecule has 1 heterocycles. The Hall–Kier alpha value is -1.45. The van der Waals surface area contributed by atoms with Crippen molar-refractivity contribution >= 4 is 11.6 Å². The zero-order chi connectivity index (χ0) is 16.5. The molecule has 0 saturated heterocycles. The molecule has 0 saturated carbocycles. The summed E-state index contributed by atoms with van der Waals surface area (Å²) in [6, 6.07) is 9.67. The molecule has 2 aromatic rings. The Morgan fingerprint density at radius 3 is 2.65 bits per heavy atom. The van der Waals surface area contributed by atoms with Gasteiger partial charge in [0.1, 0.15) is 17.3 Å². The van der Waals surface area contributed by atoms with E-state index in [4.69, 9.17) is 20.8 Å². The maximum atomic E-state index is 6.16. The van der Waals surface area contributed by atoms with Crippen LogP contribution in [0.2, 0.25) is 5.02 Å². The third-order valence-electron chi connectivity index (χ3n) is 3.85. The molecule has 0 fully saturated rings. The minimum Gasteiger partial charge on any atom is -0.495 e. The van der Waals surface area contributed by atoms with Crippen molar-refractivity contribution in [1.82, 2.24) is 5.32 Å². The summed E-state index contributed by atoms with van der Waals surface area (Å²) < 4.78 is 11.1. The van der Waals surface area contributed by atoms with Crippen molar-refractivity contribution in [3.63, 3.8) is 0 Å². The van der Waals surface area contributed by atoms with Gasteiger partial charge in [-0.1, -0.05) is 44.2 Å². The van der Waals surface area contributed by atoms with Crippen molar-refractivity contribution in [2.75, 3.05) is 13.7 Å². The van der Waals surface area contributed by atoms with Crippen LogP contribution < -0.4 is 10.1 Å². The van der Waals surface area contributed by atoms with E-state index >= 15 is 0 Å². The molecule has 1 aromatic heterocycles. The molecule has 0 aliphatic carbocycles. The normalized spacial score (nSPS) is 10.9. The summed E-state index contributed by atoms with van der Waals surface area (Å²) >= 11 is 6.16. The first-order valence-corrected chi connectivity index (χ1v) is 8.75. The number of rotatable bonds is 10. The Morgan fingerprint density at radius 2 is 1.91 bits per heavy atom. The molecule has 2 rings (SSSR count). The average molecular weight is 336 g/mol. The molecule has 3 nitrogen and oxygen atoms in total. The van der Waals surface area contributed by atoms with Crippen molar-refractivity contribution in [3.8, 4) is 17.1 Å². The first kappa shape index (κ1) is 17.9. The van der Waals surface area contributed by atoms with E-state index in [0.29, 0.717) is 10.8 Å². The fourth-order valence-corrected chi connectivity index (χ4v) is 2.77. The second kappa shape index (κ2) is 9.64. The lowest BCUT2D eigenvalue weighted by Gasteiger charge is -2.05. The summed E-state index contributed by atoms with van der Waals surface area (Å²) in [6.07, 6.45) is 6.49. The Morgan fingerprint density at radius 1 is 1.09 bits per heavy atom. The fraction of sp³-hybridized carbons (Fsp3) is 0.474. The van der Waals surface area contributed by atoms with Gasteiger partial charge in [-0.2, -0.15) is 0 Å². The van der Waals surface area contributed by atoms with Gasteiger partial charge in [0.15, 0.2) is 0 Å². The predicted molar refractivity (Wildman–Crippen MR) is 96.2 cm³/mol. The van der Waals surface area contributed by atoms with Gasteiger partial charge in [0.05, 0.1) is 18.7 Å². The molecule has 4 heteroatoms. The minimum absolute atomic E-state index is 0.591. The molecular formula is C19H26ClNO2. The van der Waals surface area contributed by atoms with Crippen molar-refractivity contribution in [2.24, 2.45) is 0 Å². The van der Waals surface area contributed by atoms with Gasteiger partial charge in [0, 0.05) is 5.56 Å². The van der Waals surface area contributed by atoms with E-state index in [-0.39, 0.29) is 0 Å². The lowest BCUT2D eigenvalue weighted by Crippen LogP contribution is -2.14. The lowest BCUT2D eigenvalue weighted by atomic mass is 10.1. The summed E-state index contributed by atoms with van der Waals surface area (Å²) in [4.78, 5) is 0. The molecule has 0 amide bonds. The van der Waals surface area contributed by atoms with Crippen LogP contribution in [0.25, 0.3) is 11.3 Å². The van der Waals surface area contributed by atoms with Crippen LogP contribution in [0.3, 0.4) is 0 Å². The van der Waals surface area contributed by atoms with E-state index in [1.165, 1.54) is 32.1 Å². The summed E-state index contributed by atoms with van der Waals surface area (Å²) in [6.45, 7) is 4.04. The number of furan rings is 1. The molecule has 0 spiro atoms. The Kier molecular flexibility index (Phi) is 7.50. The Bertz CT molecular complexity index is 595. The largest absolute Gasteiger partial charge is 0.495 e. The van der Waals surface area contributed by atoms with Crippen molar-refractivity contribution in [1.29, 1.82) is 0 Å². The summed E-state index contributed by atoms with van der Waals surface area (Å²) in [5, 5.41) is 4.02. The highest BCUT2D eigenvalue weighted by Crippen LogP contribution is 2.31. The van der Waals surface area contributed by atoms with E-state index in [2.05, 4.69) is 12.2 Å². The first-order valence-electron chi connectivity index (χ1n) is 8.38. The summed E-state index contributed by atoms with van der Waals surface area (Å²) in [5.74, 6) is 2.45. The van der Waals surface area contributed by atoms with Crippen LogP contribution in [0.1, 0.15) is 44.8 Å². The molecule has 23 heavy (non-hydrogen) atoms. The van der Waals surface area contributed by atoms with E-state index in [1.807, 2.05) is 30.3 Å². The monoisotopic (exact) mass is 335 g/mol. The standard InChI is InChI=1S/C19H26ClNO2/c1-3-4-5-6-7-12-21-14-16-9-11-18(23-16)15-8-10-19(22-2)17(20)13-15/h8-11,13,21H,3-7,12,14H2,1-2H3. The van der Waals surface area contributed by atoms with Gasteiger partial charge in [0.25, 0.3) is 0 Å². The number of nitrogens with one attached hydrogen (secondary N) is 1. The highest BCUT2D eigenvalue weighted by atomic mass is 35.5. The van der Waals surface area contributed by atoms with Gasteiger partial charge < -0.3 is 14.5 Å². The molecule has 0 aliphatic heterocycles. The molecule has 1 N–H and O–H groups in total. The van der Waals surface area contributed by atoms with Crippen molar-refractivity contribution in [2.45, 2.75) is 45.6 Å². The number of benzene rings is 1. The smallest absolute Gasteiger partial charge is 0.137 e. The van der Waals surface area contributed by atoms with E-state index in [9.17, 15) is 0 Å². The molecular weight excluding hydrogens is 310 g/mol. The average Bonchev–Trinajstić information content (AvgIpc) is 3.03. The van der Waals surface area contributed by atoms with Gasteiger partial charge in [-0.15, -0.1) is 0 Å². The number of methoxy groups -OCH3 is 1. The first-order chi connectivity index (χ1) is 11.2. The van der Waals surface area contributed by atoms with Crippen LogP contribution in [0.4, 0.5) is 0 Å². The quantitative estimate of drug-likeness (QED) is 0.568. The lowest BCUT2D eigenvalue weighted by molar-refractivity contribution is 0.415. The fourth-order valence-electron chi connectivity index (χ4n) is 2.51. The topological polar surface area (TPSA) is 34.4 Å². The second-order valence-corrected chi connectivity index (χ2v) is 6.11. The zero-order valence-corrected chi connectivity index (χ0v) is 14.8. The highest BCUT2D eigenvalue weighted by Gasteiger charge is 2.08. The summed E-state index contributed by atoms with van der Waals surface area (Å²) in [5.41, 5.74) is 0.960. The third kappa shape index (κ3) is 5.60. The van der Waals surface area contributed by atoms with Crippen molar-refractivity contribution < 1.29 is 9.15 Å². The van der Waals surface area contributed by atoms with Crippen LogP contribution in [0.15, 0.2) is 34.7 Å². The number of ether oxygens (including phenoxy) is 1. The predicted octanol–water partition coefficient (Wildman–Crippen LogP) is 5.67. The van der Waals surface area contributed by atoms with Gasteiger partial charge in [-0.3, -0.25) is 0 Å². The SMILES string of the molecule is CCCCCCCNCc1ccc(-c2ccc(OC)c(Cl)c2)o1. The van der Waals surface area contributed by atoms with Gasteiger partial charge in [-0.05, 0) is 43.3 Å². The zero-order valence-electron chi connectivity index (χ0n) is 14.0. The van der Waals surface area contributed by atoms with Crippen molar-refractivity contribution in [3.05, 3.63) is 41.1 Å². The van der Waals surface area contributed by atoms with E-state index in [0.717, 1.165) is 30.2 Å². The maximum Gasteiger partial charge on any atom is 0.137 e. The Balaban J connectivity index is 1.80. The van der Waals surface area contributed by atoms with Crippen LogP contribution >= 0.6 is 11.6 Å². The number of halogens is 1. The van der Waals surface area contributed by atoms with Crippen LogP contribution in [0, 0.1) is 0 Å². The van der Waals surface area contributed by atoms with Gasteiger partial charge in [-0.25, -0.2) is 0 Å². The van der Waals surface area contributed by atoms with E-state index in [1.54, 1.807) is 7.11 Å². The molecule has 0 bridgehead atoms. The molecule has 0 aliphatic rings. The van der Waals surface area contributed by atoms with Crippen LogP contribution in [0.5, 0.6) is 5.75 Å². The van der Waals surface area contributed by atoms with Crippen LogP contribution in [-0.4, -0.2) is 13.7 Å². The number of unbranched alkanes of at least 4 members (excludes halogenated alkanes) is 4. The van der Waals surface area contributed by atoms with Gasteiger partial charge >= 0.3 is 0 Å². The minimum atomic E-state index is 0.591.